The first-order valence-corrected chi connectivity index (χ1v) is 5.93. The molecule has 84 valence electrons. The second-order valence-corrected chi connectivity index (χ2v) is 4.69. The van der Waals surface area contributed by atoms with Gasteiger partial charge in [-0.2, -0.15) is 0 Å². The van der Waals surface area contributed by atoms with Crippen LogP contribution in [0.2, 0.25) is 0 Å². The highest BCUT2D eigenvalue weighted by Gasteiger charge is 2.15. The summed E-state index contributed by atoms with van der Waals surface area (Å²) in [5, 5.41) is 0.684. The molecule has 16 heavy (non-hydrogen) atoms. The summed E-state index contributed by atoms with van der Waals surface area (Å²) >= 11 is 1.44. The highest BCUT2D eigenvalue weighted by Crippen LogP contribution is 2.26. The summed E-state index contributed by atoms with van der Waals surface area (Å²) in [6, 6.07) is 0. The molecular formula is C10H12N4OS. The normalized spacial score (nSPS) is 12.9. The third-order valence-corrected chi connectivity index (χ3v) is 3.43. The van der Waals surface area contributed by atoms with E-state index < -0.39 is 0 Å². The van der Waals surface area contributed by atoms with Crippen molar-refractivity contribution in [3.63, 3.8) is 0 Å². The smallest absolute Gasteiger partial charge is 0.181 e. The van der Waals surface area contributed by atoms with Crippen LogP contribution in [0.3, 0.4) is 0 Å². The van der Waals surface area contributed by atoms with E-state index >= 15 is 0 Å². The minimum absolute atomic E-state index is 0.0913. The van der Waals surface area contributed by atoms with Gasteiger partial charge in [-0.15, -0.1) is 0 Å². The number of nitrogens with one attached hydrogen (secondary N) is 1. The maximum Gasteiger partial charge on any atom is 0.181 e. The van der Waals surface area contributed by atoms with E-state index in [9.17, 15) is 4.79 Å². The molecule has 2 aromatic heterocycles. The number of aromatic amines is 1. The summed E-state index contributed by atoms with van der Waals surface area (Å²) in [5.74, 6) is 0.219. The topological polar surface area (TPSA) is 71.5 Å². The van der Waals surface area contributed by atoms with Crippen LogP contribution >= 0.6 is 11.8 Å². The monoisotopic (exact) mass is 236 g/mol. The highest BCUT2D eigenvalue weighted by atomic mass is 32.2. The Morgan fingerprint density at radius 3 is 3.06 bits per heavy atom. The second-order valence-electron chi connectivity index (χ2n) is 3.36. The van der Waals surface area contributed by atoms with E-state index in [1.54, 1.807) is 6.33 Å². The number of carbonyl (C=O) groups is 1. The van der Waals surface area contributed by atoms with Crippen molar-refractivity contribution in [2.45, 2.75) is 30.5 Å². The Bertz CT molecular complexity index is 510. The number of fused-ring (bicyclic) bond motifs is 1. The number of nitrogens with zero attached hydrogens (tertiary/aromatic N) is 3. The molecule has 1 atom stereocenters. The molecule has 1 N–H and O–H groups in total. The van der Waals surface area contributed by atoms with Gasteiger partial charge in [0, 0.05) is 6.42 Å². The average molecular weight is 236 g/mol. The van der Waals surface area contributed by atoms with Gasteiger partial charge >= 0.3 is 0 Å². The number of hydrogen-bond donors (Lipinski definition) is 1. The summed E-state index contributed by atoms with van der Waals surface area (Å²) in [7, 11) is 0. The molecule has 0 fully saturated rings. The lowest BCUT2D eigenvalue weighted by molar-refractivity contribution is -0.117. The van der Waals surface area contributed by atoms with Gasteiger partial charge in [-0.3, -0.25) is 4.79 Å². The minimum Gasteiger partial charge on any atom is -0.341 e. The molecule has 0 radical (unpaired) electrons. The molecule has 5 nitrogen and oxygen atoms in total. The maximum absolute atomic E-state index is 11.5. The van der Waals surface area contributed by atoms with E-state index in [1.165, 1.54) is 18.1 Å². The highest BCUT2D eigenvalue weighted by molar-refractivity contribution is 8.00. The van der Waals surface area contributed by atoms with Crippen molar-refractivity contribution < 1.29 is 4.79 Å². The van der Waals surface area contributed by atoms with E-state index in [1.807, 2.05) is 13.8 Å². The molecule has 1 unspecified atom stereocenters. The summed E-state index contributed by atoms with van der Waals surface area (Å²) in [5.41, 5.74) is 1.43. The Balaban J connectivity index is 2.27. The van der Waals surface area contributed by atoms with Crippen molar-refractivity contribution >= 4 is 28.7 Å². The Morgan fingerprint density at radius 1 is 1.50 bits per heavy atom. The second kappa shape index (κ2) is 4.61. The molecule has 0 amide bonds. The molecule has 2 rings (SSSR count). The third kappa shape index (κ3) is 2.06. The third-order valence-electron chi connectivity index (χ3n) is 2.28. The van der Waals surface area contributed by atoms with Gasteiger partial charge in [0.2, 0.25) is 0 Å². The number of carbonyl (C=O) groups excluding carboxylic acids is 1. The largest absolute Gasteiger partial charge is 0.341 e. The van der Waals surface area contributed by atoms with Crippen LogP contribution in [0.4, 0.5) is 0 Å². The number of ketones is 1. The Morgan fingerprint density at radius 2 is 2.31 bits per heavy atom. The summed E-state index contributed by atoms with van der Waals surface area (Å²) in [4.78, 5) is 26.7. The van der Waals surface area contributed by atoms with Crippen molar-refractivity contribution in [2.75, 3.05) is 0 Å². The Hall–Kier alpha value is -1.43. The molecule has 0 aliphatic carbocycles. The van der Waals surface area contributed by atoms with E-state index in [2.05, 4.69) is 19.9 Å². The lowest BCUT2D eigenvalue weighted by atomic mass is 10.2. The number of imidazole rings is 1. The number of Topliss-reactive ketones (excluding diaryl/α,β-unsaturated/α-hetero) is 1. The number of thioether (sulfide) groups is 1. The van der Waals surface area contributed by atoms with E-state index in [4.69, 9.17) is 0 Å². The van der Waals surface area contributed by atoms with Gasteiger partial charge in [-0.25, -0.2) is 15.0 Å². The molecular weight excluding hydrogens is 224 g/mol. The van der Waals surface area contributed by atoms with Gasteiger partial charge in [-0.05, 0) is 6.92 Å². The minimum atomic E-state index is -0.0913. The van der Waals surface area contributed by atoms with Gasteiger partial charge in [0.05, 0.1) is 11.6 Å². The summed E-state index contributed by atoms with van der Waals surface area (Å²) in [6.07, 6.45) is 3.59. The molecule has 0 saturated carbocycles. The van der Waals surface area contributed by atoms with E-state index in [0.717, 1.165) is 10.5 Å². The predicted molar refractivity (Wildman–Crippen MR) is 62.3 cm³/mol. The van der Waals surface area contributed by atoms with Crippen LogP contribution in [-0.2, 0) is 4.79 Å². The van der Waals surface area contributed by atoms with E-state index in [0.29, 0.717) is 12.1 Å². The van der Waals surface area contributed by atoms with Crippen LogP contribution in [0.1, 0.15) is 20.3 Å². The Labute approximate surface area is 97.1 Å². The molecule has 0 spiro atoms. The lowest BCUT2D eigenvalue weighted by Crippen LogP contribution is -2.11. The Kier molecular flexibility index (Phi) is 3.19. The standard InChI is InChI=1S/C10H12N4OS/c1-3-7(15)6(2)16-10-8-9(12-4-11-8)13-5-14-10/h4-6H,3H2,1-2H3,(H,11,12,13,14). The predicted octanol–water partition coefficient (Wildman–Crippen LogP) is 1.81. The van der Waals surface area contributed by atoms with Crippen LogP contribution in [0.5, 0.6) is 0 Å². The first kappa shape index (κ1) is 11.1. The van der Waals surface area contributed by atoms with Crippen molar-refractivity contribution in [3.05, 3.63) is 12.7 Å². The van der Waals surface area contributed by atoms with E-state index in [-0.39, 0.29) is 11.0 Å². The maximum atomic E-state index is 11.5. The fraction of sp³-hybridized carbons (Fsp3) is 0.400. The van der Waals surface area contributed by atoms with Crippen molar-refractivity contribution in [3.8, 4) is 0 Å². The van der Waals surface area contributed by atoms with Crippen LogP contribution in [0, 0.1) is 0 Å². The zero-order valence-electron chi connectivity index (χ0n) is 9.10. The molecule has 2 heterocycles. The van der Waals surface area contributed by atoms with Crippen molar-refractivity contribution in [1.29, 1.82) is 0 Å². The molecule has 0 aromatic carbocycles. The zero-order chi connectivity index (χ0) is 11.5. The van der Waals surface area contributed by atoms with Crippen molar-refractivity contribution in [2.24, 2.45) is 0 Å². The van der Waals surface area contributed by atoms with Crippen LogP contribution < -0.4 is 0 Å². The molecule has 0 aliphatic heterocycles. The SMILES string of the molecule is CCC(=O)C(C)Sc1ncnc2nc[nH]c12. The van der Waals surface area contributed by atoms with Crippen LogP contribution in [-0.4, -0.2) is 31.0 Å². The average Bonchev–Trinajstić information content (AvgIpc) is 2.77. The van der Waals surface area contributed by atoms with Gasteiger partial charge in [0.15, 0.2) is 5.65 Å². The molecule has 0 bridgehead atoms. The first-order chi connectivity index (χ1) is 7.72. The molecule has 0 aliphatic rings. The molecule has 6 heteroatoms. The summed E-state index contributed by atoms with van der Waals surface area (Å²) in [6.45, 7) is 3.76. The summed E-state index contributed by atoms with van der Waals surface area (Å²) < 4.78 is 0. The number of rotatable bonds is 4. The fourth-order valence-electron chi connectivity index (χ4n) is 1.35. The van der Waals surface area contributed by atoms with Gasteiger partial charge in [0.25, 0.3) is 0 Å². The zero-order valence-corrected chi connectivity index (χ0v) is 9.91. The van der Waals surface area contributed by atoms with Gasteiger partial charge in [0.1, 0.15) is 22.7 Å². The number of H-pyrrole nitrogens is 1. The lowest BCUT2D eigenvalue weighted by Gasteiger charge is -2.07. The number of hydrogen-bond acceptors (Lipinski definition) is 5. The van der Waals surface area contributed by atoms with Crippen LogP contribution in [0.25, 0.3) is 11.2 Å². The van der Waals surface area contributed by atoms with Gasteiger partial charge < -0.3 is 4.98 Å². The van der Waals surface area contributed by atoms with Crippen molar-refractivity contribution in [1.82, 2.24) is 19.9 Å². The van der Waals surface area contributed by atoms with Gasteiger partial charge in [-0.1, -0.05) is 18.7 Å². The van der Waals surface area contributed by atoms with Crippen LogP contribution in [0.15, 0.2) is 17.7 Å². The molecule has 2 aromatic rings. The fourth-order valence-corrected chi connectivity index (χ4v) is 2.36. The first-order valence-electron chi connectivity index (χ1n) is 5.05. The molecule has 0 saturated heterocycles. The number of aromatic nitrogens is 4. The quantitative estimate of drug-likeness (QED) is 0.647.